The van der Waals surface area contributed by atoms with Crippen LogP contribution in [0.3, 0.4) is 0 Å². The van der Waals surface area contributed by atoms with Crippen molar-refractivity contribution in [2.75, 3.05) is 14.2 Å². The third kappa shape index (κ3) is 5.63. The molecule has 21 heavy (non-hydrogen) atoms. The molecule has 0 aromatic heterocycles. The summed E-state index contributed by atoms with van der Waals surface area (Å²) in [5.74, 6) is 1.51. The van der Waals surface area contributed by atoms with Gasteiger partial charge in [0.2, 0.25) is 5.91 Å². The Labute approximate surface area is 127 Å². The van der Waals surface area contributed by atoms with Crippen molar-refractivity contribution in [1.29, 1.82) is 0 Å². The predicted molar refractivity (Wildman–Crippen MR) is 83.7 cm³/mol. The molecule has 0 heterocycles. The molecule has 5 nitrogen and oxygen atoms in total. The lowest BCUT2D eigenvalue weighted by molar-refractivity contribution is -0.124. The van der Waals surface area contributed by atoms with Crippen LogP contribution in [0, 0.1) is 0 Å². The second-order valence-corrected chi connectivity index (χ2v) is 6.02. The minimum atomic E-state index is -0.292. The molecule has 118 valence electrons. The van der Waals surface area contributed by atoms with E-state index in [9.17, 15) is 4.79 Å². The molecular weight excluding hydrogens is 268 g/mol. The summed E-state index contributed by atoms with van der Waals surface area (Å²) in [7, 11) is 3.25. The summed E-state index contributed by atoms with van der Waals surface area (Å²) in [5, 5.41) is 6.15. The number of carbonyl (C=O) groups excluding carboxylic acids is 1. The summed E-state index contributed by atoms with van der Waals surface area (Å²) in [6.07, 6.45) is 0. The van der Waals surface area contributed by atoms with E-state index in [0.717, 1.165) is 17.1 Å². The maximum absolute atomic E-state index is 12.0. The monoisotopic (exact) mass is 294 g/mol. The van der Waals surface area contributed by atoms with Gasteiger partial charge in [0.1, 0.15) is 11.5 Å². The van der Waals surface area contributed by atoms with E-state index in [-0.39, 0.29) is 17.5 Å². The highest BCUT2D eigenvalue weighted by atomic mass is 16.5. The second kappa shape index (κ2) is 7.31. The lowest BCUT2D eigenvalue weighted by atomic mass is 10.1. The molecule has 1 unspecified atom stereocenters. The first kappa shape index (κ1) is 17.3. The van der Waals surface area contributed by atoms with Crippen LogP contribution in [0.2, 0.25) is 0 Å². The molecule has 1 aromatic carbocycles. The highest BCUT2D eigenvalue weighted by molar-refractivity contribution is 5.81. The van der Waals surface area contributed by atoms with Crippen molar-refractivity contribution >= 4 is 5.91 Å². The highest BCUT2D eigenvalue weighted by Gasteiger charge is 2.19. The van der Waals surface area contributed by atoms with Gasteiger partial charge < -0.3 is 20.1 Å². The number of rotatable bonds is 6. The molecule has 0 spiro atoms. The number of carbonyl (C=O) groups is 1. The number of hydrogen-bond donors (Lipinski definition) is 2. The molecule has 1 rings (SSSR count). The molecule has 1 amide bonds. The van der Waals surface area contributed by atoms with Crippen LogP contribution >= 0.6 is 0 Å². The van der Waals surface area contributed by atoms with Crippen LogP contribution in [0.5, 0.6) is 11.5 Å². The Kier molecular flexibility index (Phi) is 6.03. The standard InChI is InChI=1S/C16H26N2O3/c1-11(15(19)18-16(2,3)4)17-10-12-9-13(20-5)7-8-14(12)21-6/h7-9,11,17H,10H2,1-6H3,(H,18,19). The van der Waals surface area contributed by atoms with Crippen LogP contribution in [-0.2, 0) is 11.3 Å². The van der Waals surface area contributed by atoms with Gasteiger partial charge in [0.15, 0.2) is 0 Å². The Morgan fingerprint density at radius 3 is 2.43 bits per heavy atom. The van der Waals surface area contributed by atoms with Crippen LogP contribution < -0.4 is 20.1 Å². The fourth-order valence-corrected chi connectivity index (χ4v) is 1.85. The molecular formula is C16H26N2O3. The summed E-state index contributed by atoms with van der Waals surface area (Å²) in [6, 6.07) is 5.31. The van der Waals surface area contributed by atoms with E-state index in [0.29, 0.717) is 6.54 Å². The highest BCUT2D eigenvalue weighted by Crippen LogP contribution is 2.23. The van der Waals surface area contributed by atoms with Crippen LogP contribution in [0.15, 0.2) is 18.2 Å². The maximum atomic E-state index is 12.0. The van der Waals surface area contributed by atoms with E-state index in [2.05, 4.69) is 10.6 Å². The number of ether oxygens (including phenoxy) is 2. The molecule has 0 saturated carbocycles. The first-order chi connectivity index (χ1) is 9.76. The molecule has 0 aliphatic carbocycles. The third-order valence-corrected chi connectivity index (χ3v) is 2.98. The molecule has 0 aliphatic heterocycles. The van der Waals surface area contributed by atoms with Crippen LogP contribution in [0.4, 0.5) is 0 Å². The zero-order valence-electron chi connectivity index (χ0n) is 13.7. The van der Waals surface area contributed by atoms with Gasteiger partial charge in [-0.05, 0) is 45.9 Å². The minimum absolute atomic E-state index is 0.0237. The second-order valence-electron chi connectivity index (χ2n) is 6.02. The minimum Gasteiger partial charge on any atom is -0.497 e. The van der Waals surface area contributed by atoms with Crippen molar-refractivity contribution in [2.45, 2.75) is 45.8 Å². The van der Waals surface area contributed by atoms with Gasteiger partial charge in [-0.1, -0.05) is 0 Å². The quantitative estimate of drug-likeness (QED) is 0.843. The molecule has 0 aliphatic rings. The lowest BCUT2D eigenvalue weighted by Crippen LogP contribution is -2.49. The number of amides is 1. The summed E-state index contributed by atoms with van der Waals surface area (Å²) in [5.41, 5.74) is 0.716. The predicted octanol–water partition coefficient (Wildman–Crippen LogP) is 2.10. The van der Waals surface area contributed by atoms with Gasteiger partial charge in [-0.25, -0.2) is 0 Å². The van der Waals surface area contributed by atoms with Gasteiger partial charge in [-0.3, -0.25) is 4.79 Å². The van der Waals surface area contributed by atoms with Crippen LogP contribution in [-0.4, -0.2) is 31.7 Å². The van der Waals surface area contributed by atoms with Crippen molar-refractivity contribution in [3.05, 3.63) is 23.8 Å². The molecule has 0 saturated heterocycles. The number of hydrogen-bond acceptors (Lipinski definition) is 4. The molecule has 2 N–H and O–H groups in total. The van der Waals surface area contributed by atoms with E-state index >= 15 is 0 Å². The molecule has 1 atom stereocenters. The molecule has 5 heteroatoms. The van der Waals surface area contributed by atoms with Crippen LogP contribution in [0.25, 0.3) is 0 Å². The van der Waals surface area contributed by atoms with Gasteiger partial charge in [-0.2, -0.15) is 0 Å². The Hall–Kier alpha value is -1.75. The number of benzene rings is 1. The maximum Gasteiger partial charge on any atom is 0.237 e. The Balaban J connectivity index is 2.68. The van der Waals surface area contributed by atoms with Gasteiger partial charge >= 0.3 is 0 Å². The van der Waals surface area contributed by atoms with Crippen molar-refractivity contribution < 1.29 is 14.3 Å². The SMILES string of the molecule is COc1ccc(OC)c(CNC(C)C(=O)NC(C)(C)C)c1. The summed E-state index contributed by atoms with van der Waals surface area (Å²) in [4.78, 5) is 12.0. The Morgan fingerprint density at radius 1 is 1.24 bits per heavy atom. The topological polar surface area (TPSA) is 59.6 Å². The van der Waals surface area contributed by atoms with Crippen molar-refractivity contribution in [2.24, 2.45) is 0 Å². The van der Waals surface area contributed by atoms with E-state index in [1.54, 1.807) is 14.2 Å². The molecule has 0 radical (unpaired) electrons. The first-order valence-corrected chi connectivity index (χ1v) is 7.03. The largest absolute Gasteiger partial charge is 0.497 e. The lowest BCUT2D eigenvalue weighted by Gasteiger charge is -2.24. The normalized spacial score (nSPS) is 12.7. The smallest absolute Gasteiger partial charge is 0.237 e. The number of nitrogens with one attached hydrogen (secondary N) is 2. The van der Waals surface area contributed by atoms with Crippen molar-refractivity contribution in [1.82, 2.24) is 10.6 Å². The third-order valence-electron chi connectivity index (χ3n) is 2.98. The van der Waals surface area contributed by atoms with Gasteiger partial charge in [0.05, 0.1) is 20.3 Å². The fraction of sp³-hybridized carbons (Fsp3) is 0.562. The van der Waals surface area contributed by atoms with Gasteiger partial charge in [-0.15, -0.1) is 0 Å². The van der Waals surface area contributed by atoms with E-state index in [1.165, 1.54) is 0 Å². The van der Waals surface area contributed by atoms with Gasteiger partial charge in [0, 0.05) is 17.6 Å². The summed E-state index contributed by atoms with van der Waals surface area (Å²) < 4.78 is 10.5. The first-order valence-electron chi connectivity index (χ1n) is 7.03. The molecule has 0 fully saturated rings. The fourth-order valence-electron chi connectivity index (χ4n) is 1.85. The van der Waals surface area contributed by atoms with Crippen molar-refractivity contribution in [3.63, 3.8) is 0 Å². The van der Waals surface area contributed by atoms with Crippen molar-refractivity contribution in [3.8, 4) is 11.5 Å². The van der Waals surface area contributed by atoms with Gasteiger partial charge in [0.25, 0.3) is 0 Å². The van der Waals surface area contributed by atoms with Crippen LogP contribution in [0.1, 0.15) is 33.3 Å². The zero-order chi connectivity index (χ0) is 16.0. The zero-order valence-corrected chi connectivity index (χ0v) is 13.7. The summed E-state index contributed by atoms with van der Waals surface area (Å²) in [6.45, 7) is 8.25. The average molecular weight is 294 g/mol. The average Bonchev–Trinajstić information content (AvgIpc) is 2.42. The molecule has 0 bridgehead atoms. The Morgan fingerprint density at radius 2 is 1.90 bits per heavy atom. The van der Waals surface area contributed by atoms with E-state index in [4.69, 9.17) is 9.47 Å². The number of methoxy groups -OCH3 is 2. The van der Waals surface area contributed by atoms with E-state index < -0.39 is 0 Å². The Bertz CT molecular complexity index is 481. The summed E-state index contributed by atoms with van der Waals surface area (Å²) >= 11 is 0. The molecule has 1 aromatic rings. The van der Waals surface area contributed by atoms with E-state index in [1.807, 2.05) is 45.9 Å².